The molecule has 1 N–H and O–H groups in total. The van der Waals surface area contributed by atoms with E-state index in [1.807, 2.05) is 0 Å². The van der Waals surface area contributed by atoms with E-state index in [4.69, 9.17) is 0 Å². The number of rotatable bonds is 6. The van der Waals surface area contributed by atoms with Crippen LogP contribution in [0.3, 0.4) is 0 Å². The molecular weight excluding hydrogens is 198 g/mol. The standard InChI is InChI=1S/C10H21NO2S/c1-2-14(12,13)8-7-11-9-10-5-3-4-6-10/h10-11H,2-9H2,1H3. The second-order valence-electron chi connectivity index (χ2n) is 4.09. The molecule has 1 fully saturated rings. The van der Waals surface area contributed by atoms with Crippen LogP contribution >= 0.6 is 0 Å². The minimum Gasteiger partial charge on any atom is -0.315 e. The number of nitrogens with one attached hydrogen (secondary N) is 1. The van der Waals surface area contributed by atoms with Crippen LogP contribution in [0.2, 0.25) is 0 Å². The zero-order valence-electron chi connectivity index (χ0n) is 8.96. The predicted octanol–water partition coefficient (Wildman–Crippen LogP) is 1.20. The Morgan fingerprint density at radius 2 is 1.93 bits per heavy atom. The zero-order chi connectivity index (χ0) is 10.4. The zero-order valence-corrected chi connectivity index (χ0v) is 9.78. The van der Waals surface area contributed by atoms with Crippen LogP contribution in [0.5, 0.6) is 0 Å². The second kappa shape index (κ2) is 5.71. The van der Waals surface area contributed by atoms with Crippen LogP contribution in [-0.4, -0.2) is 33.0 Å². The summed E-state index contributed by atoms with van der Waals surface area (Å²) in [5.74, 6) is 1.34. The summed E-state index contributed by atoms with van der Waals surface area (Å²) in [6.07, 6.45) is 5.32. The van der Waals surface area contributed by atoms with Gasteiger partial charge in [0.05, 0.1) is 5.75 Å². The van der Waals surface area contributed by atoms with Gasteiger partial charge in [-0.15, -0.1) is 0 Å². The SMILES string of the molecule is CCS(=O)(=O)CCNCC1CCCC1. The van der Waals surface area contributed by atoms with E-state index < -0.39 is 9.84 Å². The molecule has 0 unspecified atom stereocenters. The molecule has 0 amide bonds. The first-order valence-electron chi connectivity index (χ1n) is 5.55. The third-order valence-electron chi connectivity index (χ3n) is 2.94. The van der Waals surface area contributed by atoms with E-state index in [-0.39, 0.29) is 11.5 Å². The van der Waals surface area contributed by atoms with Gasteiger partial charge in [0.2, 0.25) is 0 Å². The van der Waals surface area contributed by atoms with E-state index in [1.165, 1.54) is 25.7 Å². The van der Waals surface area contributed by atoms with Crippen molar-refractivity contribution in [1.29, 1.82) is 0 Å². The molecule has 0 atom stereocenters. The molecule has 84 valence electrons. The maximum Gasteiger partial charge on any atom is 0.151 e. The molecule has 0 bridgehead atoms. The Labute approximate surface area is 87.2 Å². The van der Waals surface area contributed by atoms with Crippen molar-refractivity contribution >= 4 is 9.84 Å². The number of hydrogen-bond donors (Lipinski definition) is 1. The topological polar surface area (TPSA) is 46.2 Å². The molecule has 0 aliphatic heterocycles. The largest absolute Gasteiger partial charge is 0.315 e. The van der Waals surface area contributed by atoms with Gasteiger partial charge in [0, 0.05) is 12.3 Å². The molecule has 1 rings (SSSR count). The average Bonchev–Trinajstić information content (AvgIpc) is 2.65. The Bertz CT molecular complexity index is 243. The van der Waals surface area contributed by atoms with Gasteiger partial charge in [-0.25, -0.2) is 8.42 Å². The van der Waals surface area contributed by atoms with E-state index in [0.29, 0.717) is 6.54 Å². The van der Waals surface area contributed by atoms with Gasteiger partial charge in [-0.2, -0.15) is 0 Å². The molecule has 0 saturated heterocycles. The number of hydrogen-bond acceptors (Lipinski definition) is 3. The highest BCUT2D eigenvalue weighted by Crippen LogP contribution is 2.23. The molecule has 4 heteroatoms. The summed E-state index contributed by atoms with van der Waals surface area (Å²) in [5.41, 5.74) is 0. The van der Waals surface area contributed by atoms with Crippen molar-refractivity contribution in [3.8, 4) is 0 Å². The van der Waals surface area contributed by atoms with Crippen molar-refractivity contribution in [3.63, 3.8) is 0 Å². The van der Waals surface area contributed by atoms with Gasteiger partial charge in [-0.3, -0.25) is 0 Å². The van der Waals surface area contributed by atoms with Crippen molar-refractivity contribution < 1.29 is 8.42 Å². The molecule has 1 saturated carbocycles. The van der Waals surface area contributed by atoms with Crippen molar-refractivity contribution in [1.82, 2.24) is 5.32 Å². The lowest BCUT2D eigenvalue weighted by Crippen LogP contribution is -2.27. The molecular formula is C10H21NO2S. The molecule has 0 aromatic rings. The molecule has 0 heterocycles. The van der Waals surface area contributed by atoms with Gasteiger partial charge in [-0.1, -0.05) is 19.8 Å². The lowest BCUT2D eigenvalue weighted by Gasteiger charge is -2.09. The molecule has 0 aromatic heterocycles. The Balaban J connectivity index is 2.04. The fourth-order valence-electron chi connectivity index (χ4n) is 1.89. The molecule has 0 aromatic carbocycles. The lowest BCUT2D eigenvalue weighted by molar-refractivity contribution is 0.497. The Morgan fingerprint density at radius 1 is 1.29 bits per heavy atom. The minimum atomic E-state index is -2.78. The van der Waals surface area contributed by atoms with Crippen LogP contribution in [-0.2, 0) is 9.84 Å². The summed E-state index contributed by atoms with van der Waals surface area (Å²) in [6, 6.07) is 0. The smallest absolute Gasteiger partial charge is 0.151 e. The van der Waals surface area contributed by atoms with E-state index >= 15 is 0 Å². The van der Waals surface area contributed by atoms with E-state index in [2.05, 4.69) is 5.32 Å². The van der Waals surface area contributed by atoms with E-state index in [1.54, 1.807) is 6.92 Å². The summed E-state index contributed by atoms with van der Waals surface area (Å²) in [5, 5.41) is 3.24. The van der Waals surface area contributed by atoms with Crippen LogP contribution in [0.1, 0.15) is 32.6 Å². The maximum atomic E-state index is 11.2. The van der Waals surface area contributed by atoms with Crippen molar-refractivity contribution in [2.45, 2.75) is 32.6 Å². The van der Waals surface area contributed by atoms with Crippen molar-refractivity contribution in [3.05, 3.63) is 0 Å². The highest BCUT2D eigenvalue weighted by Gasteiger charge is 2.14. The van der Waals surface area contributed by atoms with E-state index in [9.17, 15) is 8.42 Å². The third kappa shape index (κ3) is 4.42. The summed E-state index contributed by atoms with van der Waals surface area (Å²) in [6.45, 7) is 3.32. The Kier molecular flexibility index (Phi) is 4.89. The summed E-state index contributed by atoms with van der Waals surface area (Å²) < 4.78 is 22.3. The summed E-state index contributed by atoms with van der Waals surface area (Å²) in [4.78, 5) is 0. The van der Waals surface area contributed by atoms with Gasteiger partial charge in [-0.05, 0) is 25.3 Å². The molecule has 14 heavy (non-hydrogen) atoms. The van der Waals surface area contributed by atoms with Crippen LogP contribution in [0, 0.1) is 5.92 Å². The average molecular weight is 219 g/mol. The highest BCUT2D eigenvalue weighted by atomic mass is 32.2. The molecule has 3 nitrogen and oxygen atoms in total. The predicted molar refractivity (Wildman–Crippen MR) is 59.2 cm³/mol. The molecule has 0 radical (unpaired) electrons. The van der Waals surface area contributed by atoms with E-state index in [0.717, 1.165) is 12.5 Å². The van der Waals surface area contributed by atoms with Gasteiger partial charge in [0.25, 0.3) is 0 Å². The lowest BCUT2D eigenvalue weighted by atomic mass is 10.1. The molecule has 1 aliphatic carbocycles. The number of sulfone groups is 1. The molecule has 1 aliphatic rings. The fourth-order valence-corrected chi connectivity index (χ4v) is 2.64. The first-order chi connectivity index (χ1) is 6.64. The van der Waals surface area contributed by atoms with Gasteiger partial charge >= 0.3 is 0 Å². The summed E-state index contributed by atoms with van der Waals surface area (Å²) in [7, 11) is -2.78. The van der Waals surface area contributed by atoms with Crippen LogP contribution in [0.15, 0.2) is 0 Å². The summed E-state index contributed by atoms with van der Waals surface area (Å²) >= 11 is 0. The van der Waals surface area contributed by atoms with Crippen molar-refractivity contribution in [2.75, 3.05) is 24.6 Å². The van der Waals surface area contributed by atoms with Gasteiger partial charge in [0.15, 0.2) is 9.84 Å². The fraction of sp³-hybridized carbons (Fsp3) is 1.00. The van der Waals surface area contributed by atoms with Gasteiger partial charge in [0.1, 0.15) is 0 Å². The highest BCUT2D eigenvalue weighted by molar-refractivity contribution is 7.91. The first kappa shape index (κ1) is 12.0. The monoisotopic (exact) mass is 219 g/mol. The third-order valence-corrected chi connectivity index (χ3v) is 4.64. The van der Waals surface area contributed by atoms with Crippen LogP contribution in [0.4, 0.5) is 0 Å². The van der Waals surface area contributed by atoms with Crippen LogP contribution < -0.4 is 5.32 Å². The second-order valence-corrected chi connectivity index (χ2v) is 6.56. The van der Waals surface area contributed by atoms with Crippen LogP contribution in [0.25, 0.3) is 0 Å². The Morgan fingerprint density at radius 3 is 2.50 bits per heavy atom. The molecule has 0 spiro atoms. The van der Waals surface area contributed by atoms with Gasteiger partial charge < -0.3 is 5.32 Å². The Hall–Kier alpha value is -0.0900. The quantitative estimate of drug-likeness (QED) is 0.683. The maximum absolute atomic E-state index is 11.2. The first-order valence-corrected chi connectivity index (χ1v) is 7.37. The van der Waals surface area contributed by atoms with Crippen molar-refractivity contribution in [2.24, 2.45) is 5.92 Å². The normalized spacial score (nSPS) is 18.9. The minimum absolute atomic E-state index is 0.262.